The molecule has 0 aliphatic heterocycles. The molecule has 0 aromatic rings. The van der Waals surface area contributed by atoms with Gasteiger partial charge in [-0.2, -0.15) is 21.6 Å². The molecule has 0 saturated heterocycles. The lowest BCUT2D eigenvalue weighted by Crippen LogP contribution is -2.09. The molecule has 0 aromatic carbocycles. The highest BCUT2D eigenvalue weighted by atomic mass is 35.5. The van der Waals surface area contributed by atoms with E-state index in [1.165, 1.54) is 11.8 Å². The van der Waals surface area contributed by atoms with E-state index in [1.807, 2.05) is 0 Å². The van der Waals surface area contributed by atoms with Crippen LogP contribution in [0.1, 0.15) is 0 Å². The molecule has 0 aliphatic rings. The van der Waals surface area contributed by atoms with Gasteiger partial charge >= 0.3 is 0 Å². The van der Waals surface area contributed by atoms with Crippen LogP contribution in [0, 0.1) is 9.81 Å². The van der Waals surface area contributed by atoms with Gasteiger partial charge in [-0.3, -0.25) is 0 Å². The van der Waals surface area contributed by atoms with Crippen LogP contribution in [0.5, 0.6) is 0 Å². The van der Waals surface area contributed by atoms with E-state index in [0.717, 1.165) is 0 Å². The molecule has 0 N–H and O–H groups in total. The Kier molecular flexibility index (Phi) is 7.83. The van der Waals surface area contributed by atoms with Gasteiger partial charge in [0.2, 0.25) is 0 Å². The molecule has 11 heavy (non-hydrogen) atoms. The van der Waals surface area contributed by atoms with Crippen molar-refractivity contribution in [3.63, 3.8) is 0 Å². The topological polar surface area (TPSA) is 58.9 Å². The summed E-state index contributed by atoms with van der Waals surface area (Å²) in [7, 11) is 0. The molecule has 0 bridgehead atoms. The Morgan fingerprint density at radius 1 is 1.45 bits per heavy atom. The first-order chi connectivity index (χ1) is 5.35. The Hall–Kier alpha value is -0.160. The first-order valence-corrected chi connectivity index (χ1v) is 4.79. The number of alkyl halides is 1. The fourth-order valence-corrected chi connectivity index (χ4v) is 1.54. The van der Waals surface area contributed by atoms with Crippen LogP contribution in [0.2, 0.25) is 0 Å². The first kappa shape index (κ1) is 10.8. The molecule has 4 nitrogen and oxygen atoms in total. The van der Waals surface area contributed by atoms with E-state index in [0.29, 0.717) is 11.5 Å². The summed E-state index contributed by atoms with van der Waals surface area (Å²) in [5.41, 5.74) is 0. The van der Waals surface area contributed by atoms with Crippen LogP contribution < -0.4 is 0 Å². The molecule has 0 aromatic heterocycles. The lowest BCUT2D eigenvalue weighted by molar-refractivity contribution is 0.847. The van der Waals surface area contributed by atoms with Crippen molar-refractivity contribution in [1.82, 2.24) is 0 Å². The quantitative estimate of drug-likeness (QED) is 0.355. The largest absolute Gasteiger partial charge is 0.158 e. The van der Waals surface area contributed by atoms with E-state index in [-0.39, 0.29) is 18.5 Å². The Labute approximate surface area is 74.0 Å². The van der Waals surface area contributed by atoms with Gasteiger partial charge in [-0.25, -0.2) is 0 Å². The Morgan fingerprint density at radius 3 is 2.64 bits per heavy atom. The molecule has 0 saturated carbocycles. The average Bonchev–Trinajstić information content (AvgIpc) is 2.05. The zero-order valence-corrected chi connectivity index (χ0v) is 7.48. The Morgan fingerprint density at radius 2 is 2.18 bits per heavy atom. The van der Waals surface area contributed by atoms with Crippen LogP contribution in [0.4, 0.5) is 0 Å². The Bertz CT molecular complexity index is 125. The van der Waals surface area contributed by atoms with Crippen molar-refractivity contribution in [3.8, 4) is 0 Å². The number of rotatable bonds is 7. The summed E-state index contributed by atoms with van der Waals surface area (Å²) in [5.74, 6) is 1.44. The molecule has 0 spiro atoms. The molecule has 0 fully saturated rings. The van der Waals surface area contributed by atoms with E-state index >= 15 is 0 Å². The highest BCUT2D eigenvalue weighted by Gasteiger charge is 2.05. The Balaban J connectivity index is 3.20. The smallest absolute Gasteiger partial charge is 0.114 e. The second kappa shape index (κ2) is 7.94. The molecule has 0 aliphatic carbocycles. The molecule has 0 rings (SSSR count). The van der Waals surface area contributed by atoms with Crippen molar-refractivity contribution < 1.29 is 0 Å². The monoisotopic (exact) mass is 196 g/mol. The van der Waals surface area contributed by atoms with Crippen molar-refractivity contribution in [2.24, 2.45) is 10.4 Å². The first-order valence-electron chi connectivity index (χ1n) is 3.10. The fraction of sp³-hybridized carbons (Fsp3) is 1.00. The number of hydrogen-bond donors (Lipinski definition) is 0. The highest BCUT2D eigenvalue weighted by molar-refractivity contribution is 7.99. The number of nitroso groups, excluding NO2 is 2. The summed E-state index contributed by atoms with van der Waals surface area (Å²) in [5, 5.41) is 5.46. The van der Waals surface area contributed by atoms with Crippen LogP contribution in [0.25, 0.3) is 0 Å². The minimum Gasteiger partial charge on any atom is -0.158 e. The molecule has 64 valence electrons. The maximum atomic E-state index is 9.97. The van der Waals surface area contributed by atoms with Crippen molar-refractivity contribution in [3.05, 3.63) is 9.81 Å². The molecule has 6 heteroatoms. The van der Waals surface area contributed by atoms with Crippen LogP contribution >= 0.6 is 23.4 Å². The summed E-state index contributed by atoms with van der Waals surface area (Å²) in [6, 6.07) is -0.340. The fourth-order valence-electron chi connectivity index (χ4n) is 0.424. The third-order valence-corrected chi connectivity index (χ3v) is 2.41. The second-order valence-corrected chi connectivity index (χ2v) is 3.30. The summed E-state index contributed by atoms with van der Waals surface area (Å²) in [4.78, 5) is 19.6. The van der Waals surface area contributed by atoms with Gasteiger partial charge in [0.25, 0.3) is 0 Å². The van der Waals surface area contributed by atoms with Gasteiger partial charge in [0.15, 0.2) is 0 Å². The number of nitrogens with zero attached hydrogens (tertiary/aromatic N) is 2. The molecule has 0 amide bonds. The van der Waals surface area contributed by atoms with E-state index in [4.69, 9.17) is 11.6 Å². The average molecular weight is 197 g/mol. The molecule has 1 unspecified atom stereocenters. The summed E-state index contributed by atoms with van der Waals surface area (Å²) in [6.45, 7) is 0.276. The molecule has 1 atom stereocenters. The van der Waals surface area contributed by atoms with E-state index in [9.17, 15) is 9.81 Å². The SMILES string of the molecule is O=NCCSCC(CCl)N=O. The standard InChI is InChI=1S/C5H9ClN2O2S/c6-3-5(8-10)4-11-2-1-7-9/h5H,1-4H2. The minimum atomic E-state index is -0.340. The molecule has 0 radical (unpaired) electrons. The maximum absolute atomic E-state index is 9.97. The number of halogens is 1. The highest BCUT2D eigenvalue weighted by Crippen LogP contribution is 2.06. The predicted octanol–water partition coefficient (Wildman–Crippen LogP) is 1.86. The summed E-state index contributed by atoms with van der Waals surface area (Å²) in [6.07, 6.45) is 0. The molecular formula is C5H9ClN2O2S. The van der Waals surface area contributed by atoms with Gasteiger partial charge in [0.05, 0.1) is 6.54 Å². The van der Waals surface area contributed by atoms with Gasteiger partial charge in [-0.15, -0.1) is 11.6 Å². The third-order valence-electron chi connectivity index (χ3n) is 0.964. The summed E-state index contributed by atoms with van der Waals surface area (Å²) >= 11 is 6.85. The van der Waals surface area contributed by atoms with Crippen LogP contribution in [-0.2, 0) is 0 Å². The van der Waals surface area contributed by atoms with Gasteiger partial charge in [0.1, 0.15) is 6.04 Å². The van der Waals surface area contributed by atoms with E-state index < -0.39 is 0 Å². The van der Waals surface area contributed by atoms with Crippen molar-refractivity contribution in [2.45, 2.75) is 6.04 Å². The number of thioether (sulfide) groups is 1. The van der Waals surface area contributed by atoms with Crippen molar-refractivity contribution in [1.29, 1.82) is 0 Å². The second-order valence-electron chi connectivity index (χ2n) is 1.84. The predicted molar refractivity (Wildman–Crippen MR) is 48.3 cm³/mol. The van der Waals surface area contributed by atoms with Crippen LogP contribution in [-0.4, -0.2) is 30.0 Å². The zero-order valence-electron chi connectivity index (χ0n) is 5.90. The zero-order chi connectivity index (χ0) is 8.53. The minimum absolute atomic E-state index is 0.241. The molecule has 0 heterocycles. The van der Waals surface area contributed by atoms with E-state index in [2.05, 4.69) is 10.4 Å². The van der Waals surface area contributed by atoms with Gasteiger partial charge < -0.3 is 0 Å². The number of hydrogen-bond acceptors (Lipinski definition) is 5. The van der Waals surface area contributed by atoms with Crippen LogP contribution in [0.15, 0.2) is 10.4 Å². The van der Waals surface area contributed by atoms with E-state index in [1.54, 1.807) is 0 Å². The van der Waals surface area contributed by atoms with Crippen molar-refractivity contribution >= 4 is 23.4 Å². The normalized spacial score (nSPS) is 12.5. The van der Waals surface area contributed by atoms with Crippen molar-refractivity contribution in [2.75, 3.05) is 23.9 Å². The van der Waals surface area contributed by atoms with Gasteiger partial charge in [-0.1, -0.05) is 10.4 Å². The molecular weight excluding hydrogens is 188 g/mol. The summed E-state index contributed by atoms with van der Waals surface area (Å²) < 4.78 is 0. The third kappa shape index (κ3) is 6.25. The van der Waals surface area contributed by atoms with Gasteiger partial charge in [0, 0.05) is 17.4 Å². The lowest BCUT2D eigenvalue weighted by atomic mass is 10.4. The maximum Gasteiger partial charge on any atom is 0.114 e. The van der Waals surface area contributed by atoms with Gasteiger partial charge in [-0.05, 0) is 0 Å². The lowest BCUT2D eigenvalue weighted by Gasteiger charge is -2.01. The van der Waals surface area contributed by atoms with Crippen LogP contribution in [0.3, 0.4) is 0 Å².